The van der Waals surface area contributed by atoms with Crippen LogP contribution in [-0.2, 0) is 9.53 Å². The van der Waals surface area contributed by atoms with Gasteiger partial charge in [0, 0.05) is 28.2 Å². The number of hydrogen-bond acceptors (Lipinski definition) is 6. The summed E-state index contributed by atoms with van der Waals surface area (Å²) in [6.07, 6.45) is 0.358. The summed E-state index contributed by atoms with van der Waals surface area (Å²) in [5, 5.41) is 5.09. The molecule has 0 aliphatic carbocycles. The molecule has 1 aliphatic rings. The van der Waals surface area contributed by atoms with Gasteiger partial charge in [0.15, 0.2) is 11.5 Å². The highest BCUT2D eigenvalue weighted by molar-refractivity contribution is 7.11. The van der Waals surface area contributed by atoms with Gasteiger partial charge in [0.25, 0.3) is 0 Å². The smallest absolute Gasteiger partial charge is 0.337 e. The number of esters is 1. The highest BCUT2D eigenvalue weighted by Crippen LogP contribution is 2.47. The Morgan fingerprint density at radius 1 is 1.03 bits per heavy atom. The van der Waals surface area contributed by atoms with E-state index in [9.17, 15) is 9.59 Å². The average molecular weight is 423 g/mol. The van der Waals surface area contributed by atoms with E-state index in [0.29, 0.717) is 23.5 Å². The van der Waals surface area contributed by atoms with E-state index >= 15 is 0 Å². The average Bonchev–Trinajstić information content (AvgIpc) is 3.21. The number of fused-ring (bicyclic) bond motifs is 1. The summed E-state index contributed by atoms with van der Waals surface area (Å²) in [7, 11) is 4.55. The Bertz CT molecular complexity index is 1100. The van der Waals surface area contributed by atoms with E-state index in [2.05, 4.69) is 5.32 Å². The van der Waals surface area contributed by atoms with E-state index in [-0.39, 0.29) is 17.8 Å². The maximum atomic E-state index is 12.5. The summed E-state index contributed by atoms with van der Waals surface area (Å²) in [6.45, 7) is 0. The van der Waals surface area contributed by atoms with Gasteiger partial charge in [-0.2, -0.15) is 0 Å². The van der Waals surface area contributed by atoms with Gasteiger partial charge in [-0.15, -0.1) is 11.3 Å². The molecule has 2 aromatic carbocycles. The first-order chi connectivity index (χ1) is 14.5. The highest BCUT2D eigenvalue weighted by atomic mass is 32.1. The molecule has 1 amide bonds. The van der Waals surface area contributed by atoms with Crippen LogP contribution in [0.3, 0.4) is 0 Å². The third-order valence-corrected chi connectivity index (χ3v) is 6.31. The molecule has 30 heavy (non-hydrogen) atoms. The Morgan fingerprint density at radius 3 is 2.43 bits per heavy atom. The van der Waals surface area contributed by atoms with Gasteiger partial charge in [0.1, 0.15) is 0 Å². The lowest BCUT2D eigenvalue weighted by Gasteiger charge is -2.24. The van der Waals surface area contributed by atoms with Gasteiger partial charge in [-0.3, -0.25) is 4.79 Å². The predicted molar refractivity (Wildman–Crippen MR) is 116 cm³/mol. The number of thiophene rings is 1. The second kappa shape index (κ2) is 8.20. The van der Waals surface area contributed by atoms with E-state index in [1.165, 1.54) is 7.11 Å². The number of benzene rings is 2. The zero-order valence-electron chi connectivity index (χ0n) is 16.9. The van der Waals surface area contributed by atoms with Crippen LogP contribution >= 0.6 is 11.3 Å². The third kappa shape index (κ3) is 3.52. The quantitative estimate of drug-likeness (QED) is 0.603. The Hall–Kier alpha value is -3.32. The van der Waals surface area contributed by atoms with Crippen LogP contribution in [0.15, 0.2) is 47.8 Å². The fraction of sp³-hybridized carbons (Fsp3) is 0.217. The van der Waals surface area contributed by atoms with E-state index in [1.54, 1.807) is 37.7 Å². The van der Waals surface area contributed by atoms with Crippen molar-refractivity contribution in [2.75, 3.05) is 26.6 Å². The summed E-state index contributed by atoms with van der Waals surface area (Å²) in [5.74, 6) is 0.796. The van der Waals surface area contributed by atoms with Crippen molar-refractivity contribution in [1.29, 1.82) is 0 Å². The molecule has 1 aromatic heterocycles. The second-order valence-corrected chi connectivity index (χ2v) is 7.79. The summed E-state index contributed by atoms with van der Waals surface area (Å²) in [6, 6.07) is 12.9. The fourth-order valence-corrected chi connectivity index (χ4v) is 4.84. The maximum Gasteiger partial charge on any atom is 0.337 e. The van der Waals surface area contributed by atoms with Gasteiger partial charge < -0.3 is 19.5 Å². The SMILES string of the molecule is COC(=O)c1ccc([C@@H]2CC(=O)Nc3c(-c4ccc(OC)c(OC)c4)csc32)cc1. The minimum atomic E-state index is -0.379. The summed E-state index contributed by atoms with van der Waals surface area (Å²) in [5.41, 5.74) is 4.18. The monoisotopic (exact) mass is 423 g/mol. The molecule has 0 unspecified atom stereocenters. The van der Waals surface area contributed by atoms with Crippen molar-refractivity contribution in [3.63, 3.8) is 0 Å². The Kier molecular flexibility index (Phi) is 5.46. The normalized spacial score (nSPS) is 15.2. The first-order valence-electron chi connectivity index (χ1n) is 9.37. The van der Waals surface area contributed by atoms with E-state index in [4.69, 9.17) is 14.2 Å². The minimum Gasteiger partial charge on any atom is -0.493 e. The predicted octanol–water partition coefficient (Wildman–Crippen LogP) is 4.69. The lowest BCUT2D eigenvalue weighted by atomic mass is 9.88. The van der Waals surface area contributed by atoms with Crippen molar-refractivity contribution in [2.45, 2.75) is 12.3 Å². The number of anilines is 1. The van der Waals surface area contributed by atoms with E-state index in [1.807, 2.05) is 35.7 Å². The molecule has 0 radical (unpaired) electrons. The molecule has 154 valence electrons. The number of nitrogens with one attached hydrogen (secondary N) is 1. The zero-order valence-corrected chi connectivity index (χ0v) is 17.7. The molecule has 1 N–H and O–H groups in total. The lowest BCUT2D eigenvalue weighted by molar-refractivity contribution is -0.116. The van der Waals surface area contributed by atoms with Gasteiger partial charge in [-0.1, -0.05) is 18.2 Å². The van der Waals surface area contributed by atoms with Crippen LogP contribution in [-0.4, -0.2) is 33.2 Å². The number of hydrogen-bond donors (Lipinski definition) is 1. The molecule has 2 heterocycles. The molecular weight excluding hydrogens is 402 g/mol. The Labute approximate surface area is 178 Å². The van der Waals surface area contributed by atoms with Crippen LogP contribution in [0.5, 0.6) is 11.5 Å². The van der Waals surface area contributed by atoms with Crippen LogP contribution < -0.4 is 14.8 Å². The van der Waals surface area contributed by atoms with E-state index < -0.39 is 0 Å². The molecule has 0 saturated carbocycles. The lowest BCUT2D eigenvalue weighted by Crippen LogP contribution is -2.22. The van der Waals surface area contributed by atoms with Crippen LogP contribution in [0, 0.1) is 0 Å². The van der Waals surface area contributed by atoms with Gasteiger partial charge in [-0.25, -0.2) is 4.79 Å². The van der Waals surface area contributed by atoms with Crippen LogP contribution in [0.4, 0.5) is 5.69 Å². The number of rotatable bonds is 5. The summed E-state index contributed by atoms with van der Waals surface area (Å²) < 4.78 is 15.5. The standard InChI is InChI=1S/C23H21NO5S/c1-27-18-9-8-15(10-19(18)28-2)17-12-30-22-16(11-20(25)24-21(17)22)13-4-6-14(7-5-13)23(26)29-3/h4-10,12,16H,11H2,1-3H3,(H,24,25)/t16-/m0/s1. The zero-order chi connectivity index (χ0) is 21.3. The number of carbonyl (C=O) groups excluding carboxylic acids is 2. The maximum absolute atomic E-state index is 12.5. The number of amides is 1. The molecule has 0 spiro atoms. The van der Waals surface area contributed by atoms with Gasteiger partial charge in [0.05, 0.1) is 32.6 Å². The first-order valence-corrected chi connectivity index (χ1v) is 10.3. The summed E-state index contributed by atoms with van der Waals surface area (Å²) in [4.78, 5) is 25.3. The molecule has 7 heteroatoms. The minimum absolute atomic E-state index is 0.0373. The second-order valence-electron chi connectivity index (χ2n) is 6.88. The molecule has 1 aliphatic heterocycles. The number of methoxy groups -OCH3 is 3. The van der Waals surface area contributed by atoms with Crippen LogP contribution in [0.2, 0.25) is 0 Å². The Morgan fingerprint density at radius 2 is 1.77 bits per heavy atom. The van der Waals surface area contributed by atoms with Gasteiger partial charge in [0.2, 0.25) is 5.91 Å². The summed E-state index contributed by atoms with van der Waals surface area (Å²) >= 11 is 1.61. The molecular formula is C23H21NO5S. The van der Waals surface area contributed by atoms with Crippen LogP contribution in [0.1, 0.15) is 33.1 Å². The highest BCUT2D eigenvalue weighted by Gasteiger charge is 2.30. The van der Waals surface area contributed by atoms with Crippen molar-refractivity contribution in [3.05, 3.63) is 63.8 Å². The molecule has 1 atom stereocenters. The topological polar surface area (TPSA) is 73.9 Å². The van der Waals surface area contributed by atoms with Crippen molar-refractivity contribution in [2.24, 2.45) is 0 Å². The largest absolute Gasteiger partial charge is 0.493 e. The van der Waals surface area contributed by atoms with Crippen molar-refractivity contribution >= 4 is 28.9 Å². The fourth-order valence-electron chi connectivity index (χ4n) is 3.68. The Balaban J connectivity index is 1.73. The van der Waals surface area contributed by atoms with Gasteiger partial charge >= 0.3 is 5.97 Å². The first kappa shape index (κ1) is 20.0. The van der Waals surface area contributed by atoms with Crippen molar-refractivity contribution < 1.29 is 23.8 Å². The van der Waals surface area contributed by atoms with E-state index in [0.717, 1.165) is 27.3 Å². The van der Waals surface area contributed by atoms with Crippen molar-refractivity contribution in [3.8, 4) is 22.6 Å². The molecule has 4 rings (SSSR count). The number of ether oxygens (including phenoxy) is 3. The number of carbonyl (C=O) groups is 2. The molecule has 0 bridgehead atoms. The molecule has 0 saturated heterocycles. The van der Waals surface area contributed by atoms with Gasteiger partial charge in [-0.05, 0) is 35.4 Å². The third-order valence-electron chi connectivity index (χ3n) is 5.22. The molecule has 3 aromatic rings. The van der Waals surface area contributed by atoms with Crippen LogP contribution in [0.25, 0.3) is 11.1 Å². The molecule has 6 nitrogen and oxygen atoms in total. The molecule has 0 fully saturated rings. The van der Waals surface area contributed by atoms with Crippen molar-refractivity contribution in [1.82, 2.24) is 0 Å².